The van der Waals surface area contributed by atoms with E-state index in [0.29, 0.717) is 17.5 Å². The highest BCUT2D eigenvalue weighted by atomic mass is 15.0. The molecule has 0 saturated carbocycles. The van der Waals surface area contributed by atoms with Gasteiger partial charge in [0.05, 0.1) is 33.4 Å². The van der Waals surface area contributed by atoms with E-state index in [2.05, 4.69) is 180 Å². The molecule has 264 valence electrons. The summed E-state index contributed by atoms with van der Waals surface area (Å²) in [4.78, 5) is 14.5. The fourth-order valence-electron chi connectivity index (χ4n) is 8.47. The molecule has 0 atom stereocenters. The van der Waals surface area contributed by atoms with Crippen molar-refractivity contribution >= 4 is 43.6 Å². The third-order valence-electron chi connectivity index (χ3n) is 10.9. The number of rotatable bonds is 5. The number of nitrogens with zero attached hydrogens (tertiary/aromatic N) is 5. The second-order valence-corrected chi connectivity index (χ2v) is 14.8. The molecule has 0 N–H and O–H groups in total. The molecule has 7 aromatic carbocycles. The Morgan fingerprint density at radius 1 is 0.345 bits per heavy atom. The van der Waals surface area contributed by atoms with E-state index in [1.807, 2.05) is 13.8 Å². The maximum absolute atomic E-state index is 4.98. The summed E-state index contributed by atoms with van der Waals surface area (Å²) in [7, 11) is 0. The lowest BCUT2D eigenvalue weighted by atomic mass is 9.94. The number of aryl methyl sites for hydroxylation is 5. The molecule has 10 rings (SSSR count). The van der Waals surface area contributed by atoms with Crippen LogP contribution in [0.25, 0.3) is 88.6 Å². The largest absolute Gasteiger partial charge is 0.309 e. The van der Waals surface area contributed by atoms with Crippen molar-refractivity contribution in [2.45, 2.75) is 34.6 Å². The third-order valence-corrected chi connectivity index (χ3v) is 10.9. The molecule has 3 aromatic heterocycles. The molecular weight excluding hydrogens is 671 g/mol. The molecule has 0 aliphatic heterocycles. The van der Waals surface area contributed by atoms with E-state index in [4.69, 9.17) is 9.97 Å². The first-order valence-corrected chi connectivity index (χ1v) is 18.9. The van der Waals surface area contributed by atoms with Crippen LogP contribution in [0.3, 0.4) is 0 Å². The van der Waals surface area contributed by atoms with Crippen LogP contribution in [0.2, 0.25) is 0 Å². The second kappa shape index (κ2) is 12.6. The SMILES string of the molecule is Cc1cccc(-c2ccc(-n3c4ccccc4c4cc(C)ccc43)c(-c3ccc(-n4c5ccccc5c5cc(C)ccc54)c(-c4nc(C)nc(C)n4)c3)c2)c1. The first kappa shape index (κ1) is 32.8. The van der Waals surface area contributed by atoms with Gasteiger partial charge in [-0.25, -0.2) is 15.0 Å². The topological polar surface area (TPSA) is 48.5 Å². The summed E-state index contributed by atoms with van der Waals surface area (Å²) in [5.41, 5.74) is 16.0. The normalized spacial score (nSPS) is 11.7. The Kier molecular flexibility index (Phi) is 7.53. The zero-order valence-corrected chi connectivity index (χ0v) is 31.6. The third kappa shape index (κ3) is 5.42. The lowest BCUT2D eigenvalue weighted by Crippen LogP contribution is -2.04. The molecule has 0 bridgehead atoms. The van der Waals surface area contributed by atoms with Crippen LogP contribution < -0.4 is 0 Å². The molecule has 3 heterocycles. The van der Waals surface area contributed by atoms with Crippen LogP contribution in [0.4, 0.5) is 0 Å². The van der Waals surface area contributed by atoms with Crippen LogP contribution in [0.15, 0.2) is 146 Å². The zero-order chi connectivity index (χ0) is 37.4. The summed E-state index contributed by atoms with van der Waals surface area (Å²) in [6.45, 7) is 10.4. The fraction of sp³-hybridized carbons (Fsp3) is 0.100. The average Bonchev–Trinajstić information content (AvgIpc) is 3.69. The van der Waals surface area contributed by atoms with Gasteiger partial charge in [0.25, 0.3) is 0 Å². The van der Waals surface area contributed by atoms with E-state index in [1.165, 1.54) is 54.8 Å². The van der Waals surface area contributed by atoms with Crippen molar-refractivity contribution in [3.05, 3.63) is 174 Å². The second-order valence-electron chi connectivity index (χ2n) is 14.8. The first-order chi connectivity index (χ1) is 26.8. The van der Waals surface area contributed by atoms with Gasteiger partial charge in [0.2, 0.25) is 0 Å². The minimum Gasteiger partial charge on any atom is -0.309 e. The Balaban J connectivity index is 1.30. The predicted octanol–water partition coefficient (Wildman–Crippen LogP) is 12.6. The Morgan fingerprint density at radius 3 is 1.44 bits per heavy atom. The quantitative estimate of drug-likeness (QED) is 0.179. The number of para-hydroxylation sites is 2. The van der Waals surface area contributed by atoms with E-state index in [1.54, 1.807) is 0 Å². The highest BCUT2D eigenvalue weighted by molar-refractivity contribution is 6.11. The minimum atomic E-state index is 0.656. The van der Waals surface area contributed by atoms with Crippen LogP contribution in [0.1, 0.15) is 28.3 Å². The van der Waals surface area contributed by atoms with Crippen LogP contribution in [0, 0.1) is 34.6 Å². The summed E-state index contributed by atoms with van der Waals surface area (Å²) in [6, 6.07) is 53.4. The molecular formula is C50H39N5. The Hall–Kier alpha value is -6.85. The Morgan fingerprint density at radius 2 is 0.836 bits per heavy atom. The lowest BCUT2D eigenvalue weighted by molar-refractivity contribution is 0.927. The van der Waals surface area contributed by atoms with Gasteiger partial charge < -0.3 is 9.13 Å². The maximum Gasteiger partial charge on any atom is 0.165 e. The predicted molar refractivity (Wildman–Crippen MR) is 228 cm³/mol. The van der Waals surface area contributed by atoms with Crippen molar-refractivity contribution in [2.75, 3.05) is 0 Å². The maximum atomic E-state index is 4.98. The minimum absolute atomic E-state index is 0.656. The molecule has 5 heteroatoms. The molecule has 0 fully saturated rings. The Labute approximate surface area is 320 Å². The van der Waals surface area contributed by atoms with Crippen molar-refractivity contribution in [3.8, 4) is 45.0 Å². The fourth-order valence-corrected chi connectivity index (χ4v) is 8.47. The summed E-state index contributed by atoms with van der Waals surface area (Å²) in [5, 5.41) is 4.93. The molecule has 0 unspecified atom stereocenters. The number of hydrogen-bond donors (Lipinski definition) is 0. The van der Waals surface area contributed by atoms with Gasteiger partial charge in [0.15, 0.2) is 5.82 Å². The van der Waals surface area contributed by atoms with E-state index in [0.717, 1.165) is 44.7 Å². The monoisotopic (exact) mass is 709 g/mol. The average molecular weight is 710 g/mol. The number of fused-ring (bicyclic) bond motifs is 6. The van der Waals surface area contributed by atoms with Crippen LogP contribution in [0.5, 0.6) is 0 Å². The Bertz CT molecular complexity index is 3140. The van der Waals surface area contributed by atoms with Gasteiger partial charge in [-0.1, -0.05) is 102 Å². The van der Waals surface area contributed by atoms with Gasteiger partial charge in [-0.05, 0) is 112 Å². The molecule has 0 aliphatic rings. The molecule has 0 radical (unpaired) electrons. The van der Waals surface area contributed by atoms with Crippen molar-refractivity contribution in [1.29, 1.82) is 0 Å². The summed E-state index contributed by atoms with van der Waals surface area (Å²) >= 11 is 0. The van der Waals surface area contributed by atoms with Gasteiger partial charge in [-0.15, -0.1) is 0 Å². The van der Waals surface area contributed by atoms with Gasteiger partial charge in [0.1, 0.15) is 11.6 Å². The number of benzene rings is 7. The highest BCUT2D eigenvalue weighted by Gasteiger charge is 2.21. The highest BCUT2D eigenvalue weighted by Crippen LogP contribution is 2.42. The molecule has 0 amide bonds. The molecule has 55 heavy (non-hydrogen) atoms. The number of aromatic nitrogens is 5. The van der Waals surface area contributed by atoms with Crippen molar-refractivity contribution in [1.82, 2.24) is 24.1 Å². The van der Waals surface area contributed by atoms with Crippen molar-refractivity contribution in [3.63, 3.8) is 0 Å². The van der Waals surface area contributed by atoms with Gasteiger partial charge in [-0.3, -0.25) is 0 Å². The molecule has 10 aromatic rings. The zero-order valence-electron chi connectivity index (χ0n) is 31.6. The summed E-state index contributed by atoms with van der Waals surface area (Å²) in [5.74, 6) is 2.04. The molecule has 0 saturated heterocycles. The summed E-state index contributed by atoms with van der Waals surface area (Å²) < 4.78 is 4.80. The molecule has 5 nitrogen and oxygen atoms in total. The molecule has 0 aliphatic carbocycles. The van der Waals surface area contributed by atoms with Gasteiger partial charge in [0, 0.05) is 32.7 Å². The van der Waals surface area contributed by atoms with Crippen LogP contribution >= 0.6 is 0 Å². The smallest absolute Gasteiger partial charge is 0.165 e. The number of hydrogen-bond acceptors (Lipinski definition) is 3. The summed E-state index contributed by atoms with van der Waals surface area (Å²) in [6.07, 6.45) is 0. The van der Waals surface area contributed by atoms with E-state index in [-0.39, 0.29) is 0 Å². The van der Waals surface area contributed by atoms with E-state index < -0.39 is 0 Å². The van der Waals surface area contributed by atoms with E-state index in [9.17, 15) is 0 Å². The van der Waals surface area contributed by atoms with E-state index >= 15 is 0 Å². The first-order valence-electron chi connectivity index (χ1n) is 18.9. The lowest BCUT2D eigenvalue weighted by Gasteiger charge is -2.19. The van der Waals surface area contributed by atoms with Crippen molar-refractivity contribution in [2.24, 2.45) is 0 Å². The van der Waals surface area contributed by atoms with Gasteiger partial charge in [-0.2, -0.15) is 0 Å². The van der Waals surface area contributed by atoms with Gasteiger partial charge >= 0.3 is 0 Å². The standard InChI is InChI=1S/C50H39N5/c1-30-11-10-12-35(25-30)36-19-23-46(54-44-15-8-6-13-38(44)41-26-31(2)17-21-47(41)54)40(28-36)37-20-24-49(43(29-37)50-52-33(4)51-34(5)53-50)55-45-16-9-7-14-39(45)42-27-32(3)18-22-48(42)55/h6-29H,1-5H3. The van der Waals surface area contributed by atoms with Crippen molar-refractivity contribution < 1.29 is 0 Å². The molecule has 0 spiro atoms. The van der Waals surface area contributed by atoms with Crippen LogP contribution in [-0.4, -0.2) is 24.1 Å². The van der Waals surface area contributed by atoms with Crippen LogP contribution in [-0.2, 0) is 0 Å².